The molecule has 0 radical (unpaired) electrons. The van der Waals surface area contributed by atoms with E-state index < -0.39 is 0 Å². The van der Waals surface area contributed by atoms with E-state index in [1.807, 2.05) is 16.7 Å². The fraction of sp³-hybridized carbons (Fsp3) is 0.188. The van der Waals surface area contributed by atoms with Gasteiger partial charge in [0.25, 0.3) is 0 Å². The number of hydrogen-bond acceptors (Lipinski definition) is 6. The number of rotatable bonds is 6. The quantitative estimate of drug-likeness (QED) is 0.495. The molecule has 0 aliphatic carbocycles. The van der Waals surface area contributed by atoms with Gasteiger partial charge in [0.2, 0.25) is 0 Å². The molecule has 0 atom stereocenters. The summed E-state index contributed by atoms with van der Waals surface area (Å²) in [7, 11) is 0. The Morgan fingerprint density at radius 2 is 2.00 bits per heavy atom. The summed E-state index contributed by atoms with van der Waals surface area (Å²) in [4.78, 5) is 13.8. The fourth-order valence-corrected chi connectivity index (χ4v) is 3.92. The van der Waals surface area contributed by atoms with Crippen molar-refractivity contribution in [2.45, 2.75) is 16.6 Å². The normalized spacial score (nSPS) is 10.9. The SMILES string of the molecule is C#CCNCCn1c(Sc2cc(Cl)cc(Cl)c2)nc2c(N)ncnc21. The average molecular weight is 393 g/mol. The van der Waals surface area contributed by atoms with Crippen molar-refractivity contribution >= 4 is 51.9 Å². The lowest BCUT2D eigenvalue weighted by Gasteiger charge is -2.09. The van der Waals surface area contributed by atoms with E-state index in [1.165, 1.54) is 18.1 Å². The number of imidazole rings is 1. The number of nitrogens with zero attached hydrogens (tertiary/aromatic N) is 4. The lowest BCUT2D eigenvalue weighted by Crippen LogP contribution is -2.20. The molecule has 25 heavy (non-hydrogen) atoms. The number of nitrogens with one attached hydrogen (secondary N) is 1. The highest BCUT2D eigenvalue weighted by atomic mass is 35.5. The summed E-state index contributed by atoms with van der Waals surface area (Å²) in [6.07, 6.45) is 6.69. The van der Waals surface area contributed by atoms with Crippen LogP contribution in [0.2, 0.25) is 10.0 Å². The van der Waals surface area contributed by atoms with E-state index in [2.05, 4.69) is 26.2 Å². The van der Waals surface area contributed by atoms with E-state index in [4.69, 9.17) is 35.4 Å². The largest absolute Gasteiger partial charge is 0.382 e. The van der Waals surface area contributed by atoms with Gasteiger partial charge in [-0.2, -0.15) is 0 Å². The number of nitrogen functional groups attached to an aromatic ring is 1. The summed E-state index contributed by atoms with van der Waals surface area (Å²) < 4.78 is 1.97. The lowest BCUT2D eigenvalue weighted by molar-refractivity contribution is 0.599. The summed E-state index contributed by atoms with van der Waals surface area (Å²) in [6.45, 7) is 1.80. The van der Waals surface area contributed by atoms with Gasteiger partial charge in [-0.1, -0.05) is 40.9 Å². The molecule has 2 aromatic heterocycles. The van der Waals surface area contributed by atoms with Crippen molar-refractivity contribution in [2.75, 3.05) is 18.8 Å². The number of aromatic nitrogens is 4. The molecule has 0 unspecified atom stereocenters. The first-order chi connectivity index (χ1) is 12.1. The van der Waals surface area contributed by atoms with Crippen molar-refractivity contribution in [1.29, 1.82) is 0 Å². The number of fused-ring (bicyclic) bond motifs is 1. The van der Waals surface area contributed by atoms with Crippen LogP contribution in [0, 0.1) is 12.3 Å². The minimum atomic E-state index is 0.339. The molecule has 2 heterocycles. The van der Waals surface area contributed by atoms with Gasteiger partial charge >= 0.3 is 0 Å². The van der Waals surface area contributed by atoms with Crippen LogP contribution in [0.15, 0.2) is 34.6 Å². The molecule has 0 spiro atoms. The zero-order chi connectivity index (χ0) is 17.8. The smallest absolute Gasteiger partial charge is 0.175 e. The molecule has 0 fully saturated rings. The molecule has 0 aliphatic heterocycles. The summed E-state index contributed by atoms with van der Waals surface area (Å²) >= 11 is 13.6. The van der Waals surface area contributed by atoms with Crippen LogP contribution < -0.4 is 11.1 Å². The Bertz CT molecular complexity index is 929. The second-order valence-electron chi connectivity index (χ2n) is 5.07. The zero-order valence-corrected chi connectivity index (χ0v) is 15.4. The molecule has 0 saturated carbocycles. The molecular weight excluding hydrogens is 379 g/mol. The third-order valence-corrected chi connectivity index (χ3v) is 4.71. The van der Waals surface area contributed by atoms with Gasteiger partial charge < -0.3 is 15.6 Å². The first-order valence-electron chi connectivity index (χ1n) is 7.33. The molecule has 3 N–H and O–H groups in total. The van der Waals surface area contributed by atoms with Crippen LogP contribution in [0.5, 0.6) is 0 Å². The molecule has 3 aromatic rings. The van der Waals surface area contributed by atoms with Crippen LogP contribution in [-0.2, 0) is 6.54 Å². The van der Waals surface area contributed by atoms with E-state index in [-0.39, 0.29) is 0 Å². The fourth-order valence-electron chi connectivity index (χ4n) is 2.26. The van der Waals surface area contributed by atoms with E-state index in [0.29, 0.717) is 46.7 Å². The van der Waals surface area contributed by atoms with Crippen molar-refractivity contribution in [1.82, 2.24) is 24.8 Å². The Kier molecular flexibility index (Phi) is 5.66. The molecular formula is C16H14Cl2N6S. The van der Waals surface area contributed by atoms with Gasteiger partial charge in [-0.15, -0.1) is 6.42 Å². The summed E-state index contributed by atoms with van der Waals surface area (Å²) in [5.74, 6) is 2.88. The Labute approximate surface area is 159 Å². The monoisotopic (exact) mass is 392 g/mol. The van der Waals surface area contributed by atoms with Gasteiger partial charge in [0.05, 0.1) is 6.54 Å². The highest BCUT2D eigenvalue weighted by Gasteiger charge is 2.16. The molecule has 128 valence electrons. The van der Waals surface area contributed by atoms with E-state index >= 15 is 0 Å². The van der Waals surface area contributed by atoms with E-state index in [0.717, 1.165) is 10.1 Å². The third kappa shape index (κ3) is 4.17. The number of halogens is 2. The van der Waals surface area contributed by atoms with Crippen molar-refractivity contribution in [3.05, 3.63) is 34.6 Å². The van der Waals surface area contributed by atoms with Gasteiger partial charge in [0.1, 0.15) is 6.33 Å². The number of benzene rings is 1. The minimum absolute atomic E-state index is 0.339. The van der Waals surface area contributed by atoms with Gasteiger partial charge in [-0.3, -0.25) is 0 Å². The summed E-state index contributed by atoms with van der Waals surface area (Å²) in [5, 5.41) is 5.00. The standard InChI is InChI=1S/C16H14Cl2N6S/c1-2-3-20-4-5-24-15-13(14(19)21-9-22-15)23-16(24)25-12-7-10(17)6-11(18)8-12/h1,6-9,20H,3-5H2,(H2,19,21,22). The zero-order valence-electron chi connectivity index (χ0n) is 13.0. The summed E-state index contributed by atoms with van der Waals surface area (Å²) in [6, 6.07) is 5.34. The molecule has 0 amide bonds. The topological polar surface area (TPSA) is 81.7 Å². The van der Waals surface area contributed by atoms with E-state index in [9.17, 15) is 0 Å². The molecule has 0 saturated heterocycles. The van der Waals surface area contributed by atoms with Crippen LogP contribution in [0.4, 0.5) is 5.82 Å². The van der Waals surface area contributed by atoms with E-state index in [1.54, 1.807) is 6.07 Å². The Hall–Kier alpha value is -1.98. The second kappa shape index (κ2) is 7.93. The maximum Gasteiger partial charge on any atom is 0.175 e. The Morgan fingerprint density at radius 3 is 2.72 bits per heavy atom. The van der Waals surface area contributed by atoms with Crippen LogP contribution in [-0.4, -0.2) is 32.6 Å². The molecule has 1 aromatic carbocycles. The van der Waals surface area contributed by atoms with Crippen LogP contribution in [0.25, 0.3) is 11.2 Å². The van der Waals surface area contributed by atoms with Crippen molar-refractivity contribution < 1.29 is 0 Å². The lowest BCUT2D eigenvalue weighted by atomic mass is 10.4. The second-order valence-corrected chi connectivity index (χ2v) is 6.98. The van der Waals surface area contributed by atoms with Gasteiger partial charge in [-0.25, -0.2) is 15.0 Å². The molecule has 3 rings (SSSR count). The predicted octanol–water partition coefficient (Wildman–Crippen LogP) is 3.09. The van der Waals surface area contributed by atoms with Gasteiger partial charge in [-0.05, 0) is 18.2 Å². The Morgan fingerprint density at radius 1 is 1.24 bits per heavy atom. The Balaban J connectivity index is 1.97. The third-order valence-electron chi connectivity index (χ3n) is 3.31. The average Bonchev–Trinajstić information content (AvgIpc) is 2.90. The number of nitrogens with two attached hydrogens (primary N) is 1. The molecule has 6 nitrogen and oxygen atoms in total. The van der Waals surface area contributed by atoms with Gasteiger partial charge in [0, 0.05) is 28.0 Å². The molecule has 0 aliphatic rings. The highest BCUT2D eigenvalue weighted by molar-refractivity contribution is 7.99. The maximum absolute atomic E-state index is 6.08. The predicted molar refractivity (Wildman–Crippen MR) is 102 cm³/mol. The summed E-state index contributed by atoms with van der Waals surface area (Å²) in [5.41, 5.74) is 7.17. The van der Waals surface area contributed by atoms with Crippen molar-refractivity contribution in [3.63, 3.8) is 0 Å². The first-order valence-corrected chi connectivity index (χ1v) is 8.90. The van der Waals surface area contributed by atoms with Crippen molar-refractivity contribution in [2.24, 2.45) is 0 Å². The minimum Gasteiger partial charge on any atom is -0.382 e. The number of terminal acetylenes is 1. The highest BCUT2D eigenvalue weighted by Crippen LogP contribution is 2.33. The first kappa shape index (κ1) is 17.8. The number of hydrogen-bond donors (Lipinski definition) is 2. The molecule has 0 bridgehead atoms. The van der Waals surface area contributed by atoms with Crippen molar-refractivity contribution in [3.8, 4) is 12.3 Å². The number of anilines is 1. The van der Waals surface area contributed by atoms with Gasteiger partial charge in [0.15, 0.2) is 22.1 Å². The van der Waals surface area contributed by atoms with Crippen LogP contribution >= 0.6 is 35.0 Å². The van der Waals surface area contributed by atoms with Crippen LogP contribution in [0.3, 0.4) is 0 Å². The molecule has 9 heteroatoms. The maximum atomic E-state index is 6.08. The van der Waals surface area contributed by atoms with Crippen LogP contribution in [0.1, 0.15) is 0 Å².